The summed E-state index contributed by atoms with van der Waals surface area (Å²) >= 11 is 4.01. The van der Waals surface area contributed by atoms with Gasteiger partial charge in [-0.05, 0) is 79.0 Å². The summed E-state index contributed by atoms with van der Waals surface area (Å²) in [5.74, 6) is -0.542. The lowest BCUT2D eigenvalue weighted by Gasteiger charge is -2.16. The number of carboxylic acid groups (broad SMARTS) is 1. The molecule has 0 spiro atoms. The number of carbonyl (C=O) groups excluding carboxylic acids is 3. The van der Waals surface area contributed by atoms with E-state index in [2.05, 4.69) is 43.9 Å². The van der Waals surface area contributed by atoms with Crippen molar-refractivity contribution in [1.29, 1.82) is 0 Å². The fourth-order valence-corrected chi connectivity index (χ4v) is 6.07. The van der Waals surface area contributed by atoms with Crippen LogP contribution in [0.3, 0.4) is 0 Å². The molecule has 1 aromatic rings. The molecule has 186 valence electrons. The van der Waals surface area contributed by atoms with Crippen LogP contribution in [0.4, 0.5) is 4.79 Å². The summed E-state index contributed by atoms with van der Waals surface area (Å²) in [4.78, 5) is 47.3. The van der Waals surface area contributed by atoms with E-state index in [1.807, 2.05) is 11.8 Å². The van der Waals surface area contributed by atoms with Gasteiger partial charge in [0.25, 0.3) is 5.91 Å². The summed E-state index contributed by atoms with van der Waals surface area (Å²) in [6.07, 6.45) is 4.69. The van der Waals surface area contributed by atoms with Crippen LogP contribution < -0.4 is 21.3 Å². The van der Waals surface area contributed by atoms with Crippen molar-refractivity contribution in [2.75, 3.05) is 12.3 Å². The molecule has 0 bridgehead atoms. The highest BCUT2D eigenvalue weighted by atomic mass is 127. The molecule has 9 nitrogen and oxygen atoms in total. The fraction of sp³-hybridized carbons (Fsp3) is 0.565. The van der Waals surface area contributed by atoms with Gasteiger partial charge in [0, 0.05) is 33.1 Å². The Kier molecular flexibility index (Phi) is 10.3. The number of carbonyl (C=O) groups is 4. The van der Waals surface area contributed by atoms with Crippen molar-refractivity contribution in [2.45, 2.75) is 68.3 Å². The Morgan fingerprint density at radius 1 is 1.12 bits per heavy atom. The highest BCUT2D eigenvalue weighted by Crippen LogP contribution is 2.33. The summed E-state index contributed by atoms with van der Waals surface area (Å²) < 4.78 is 0.994. The minimum Gasteiger partial charge on any atom is -0.480 e. The van der Waals surface area contributed by atoms with E-state index in [1.165, 1.54) is 0 Å². The first-order valence-electron chi connectivity index (χ1n) is 11.6. The number of aliphatic carboxylic acids is 1. The molecule has 0 radical (unpaired) electrons. The SMILES string of the molecule is O=C(CCCCC1SCC2NC(=O)NC21)NCCCCC(NC(=O)c1ccc(I)cc1)C(=O)O. The third-order valence-corrected chi connectivity index (χ3v) is 8.26. The predicted molar refractivity (Wildman–Crippen MR) is 139 cm³/mol. The Morgan fingerprint density at radius 2 is 1.88 bits per heavy atom. The van der Waals surface area contributed by atoms with Crippen LogP contribution in [0.5, 0.6) is 0 Å². The van der Waals surface area contributed by atoms with E-state index in [0.717, 1.165) is 28.6 Å². The molecule has 0 saturated carbocycles. The molecule has 1 aromatic carbocycles. The zero-order valence-corrected chi connectivity index (χ0v) is 21.8. The molecule has 0 aliphatic carbocycles. The molecule has 5 N–H and O–H groups in total. The Balaban J connectivity index is 1.24. The molecule has 4 unspecified atom stereocenters. The minimum absolute atomic E-state index is 0.00501. The molecule has 2 saturated heterocycles. The number of urea groups is 1. The number of hydrogen-bond donors (Lipinski definition) is 5. The second-order valence-electron chi connectivity index (χ2n) is 8.58. The lowest BCUT2D eigenvalue weighted by molar-refractivity contribution is -0.139. The minimum atomic E-state index is -1.07. The molecule has 2 aliphatic rings. The highest BCUT2D eigenvalue weighted by Gasteiger charge is 2.42. The summed E-state index contributed by atoms with van der Waals surface area (Å²) in [5.41, 5.74) is 0.426. The van der Waals surface area contributed by atoms with E-state index in [4.69, 9.17) is 0 Å². The molecule has 2 fully saturated rings. The monoisotopic (exact) mass is 602 g/mol. The smallest absolute Gasteiger partial charge is 0.326 e. The number of nitrogens with one attached hydrogen (secondary N) is 4. The first-order valence-corrected chi connectivity index (χ1v) is 13.7. The van der Waals surface area contributed by atoms with Crippen LogP contribution >= 0.6 is 34.4 Å². The summed E-state index contributed by atoms with van der Waals surface area (Å²) in [7, 11) is 0. The third-order valence-electron chi connectivity index (χ3n) is 6.03. The van der Waals surface area contributed by atoms with Gasteiger partial charge in [-0.1, -0.05) is 6.42 Å². The van der Waals surface area contributed by atoms with E-state index >= 15 is 0 Å². The largest absolute Gasteiger partial charge is 0.480 e. The number of amides is 4. The van der Waals surface area contributed by atoms with E-state index in [0.29, 0.717) is 43.0 Å². The molecule has 34 heavy (non-hydrogen) atoms. The predicted octanol–water partition coefficient (Wildman–Crippen LogP) is 2.49. The van der Waals surface area contributed by atoms with Crippen LogP contribution in [0.1, 0.15) is 55.3 Å². The normalized spacial score (nSPS) is 21.8. The Hall–Kier alpha value is -2.02. The molecule has 4 amide bonds. The molecular weight excluding hydrogens is 571 g/mol. The van der Waals surface area contributed by atoms with Crippen LogP contribution in [0.15, 0.2) is 24.3 Å². The maximum atomic E-state index is 12.3. The van der Waals surface area contributed by atoms with Gasteiger partial charge < -0.3 is 26.4 Å². The summed E-state index contributed by atoms with van der Waals surface area (Å²) in [6.45, 7) is 0.482. The van der Waals surface area contributed by atoms with E-state index in [1.54, 1.807) is 24.3 Å². The van der Waals surface area contributed by atoms with Crippen molar-refractivity contribution in [3.05, 3.63) is 33.4 Å². The average molecular weight is 602 g/mol. The van der Waals surface area contributed by atoms with Crippen LogP contribution in [-0.4, -0.2) is 64.6 Å². The number of halogens is 1. The molecular formula is C23H31IN4O5S. The van der Waals surface area contributed by atoms with Gasteiger partial charge in [-0.2, -0.15) is 11.8 Å². The zero-order chi connectivity index (χ0) is 24.5. The van der Waals surface area contributed by atoms with E-state index in [-0.39, 0.29) is 24.0 Å². The van der Waals surface area contributed by atoms with Crippen molar-refractivity contribution in [3.63, 3.8) is 0 Å². The number of fused-ring (bicyclic) bond motifs is 1. The van der Waals surface area contributed by atoms with Crippen molar-refractivity contribution >= 4 is 58.2 Å². The summed E-state index contributed by atoms with van der Waals surface area (Å²) in [6, 6.07) is 6.30. The van der Waals surface area contributed by atoms with Crippen LogP contribution in [-0.2, 0) is 9.59 Å². The first-order chi connectivity index (χ1) is 16.3. The number of hydrogen-bond acceptors (Lipinski definition) is 5. The summed E-state index contributed by atoms with van der Waals surface area (Å²) in [5, 5.41) is 21.2. The standard InChI is InChI=1S/C23H31IN4O5S/c24-15-10-8-14(9-11-15)21(30)26-16(22(31)32)5-3-4-12-25-19(29)7-2-1-6-18-20-17(13-34-18)27-23(33)28-20/h8-11,16-18,20H,1-7,12-13H2,(H,25,29)(H,26,30)(H,31,32)(H2,27,28,33). The maximum absolute atomic E-state index is 12.3. The zero-order valence-electron chi connectivity index (χ0n) is 18.8. The Labute approximate surface area is 217 Å². The van der Waals surface area contributed by atoms with Gasteiger partial charge in [-0.15, -0.1) is 0 Å². The molecule has 4 atom stereocenters. The lowest BCUT2D eigenvalue weighted by atomic mass is 10.0. The van der Waals surface area contributed by atoms with Gasteiger partial charge in [0.05, 0.1) is 12.1 Å². The van der Waals surface area contributed by atoms with Crippen LogP contribution in [0, 0.1) is 3.57 Å². The Morgan fingerprint density at radius 3 is 2.62 bits per heavy atom. The topological polar surface area (TPSA) is 137 Å². The van der Waals surface area contributed by atoms with Crippen molar-refractivity contribution < 1.29 is 24.3 Å². The van der Waals surface area contributed by atoms with Gasteiger partial charge >= 0.3 is 12.0 Å². The highest BCUT2D eigenvalue weighted by molar-refractivity contribution is 14.1. The second kappa shape index (κ2) is 13.2. The molecule has 2 aliphatic heterocycles. The number of rotatable bonds is 13. The number of unbranched alkanes of at least 4 members (excludes halogenated alkanes) is 2. The third kappa shape index (κ3) is 8.03. The van der Waals surface area contributed by atoms with E-state index in [9.17, 15) is 24.3 Å². The van der Waals surface area contributed by atoms with Crippen molar-refractivity contribution in [1.82, 2.24) is 21.3 Å². The fourth-order valence-electron chi connectivity index (χ4n) is 4.16. The van der Waals surface area contributed by atoms with Gasteiger partial charge in [0.15, 0.2) is 0 Å². The molecule has 2 heterocycles. The van der Waals surface area contributed by atoms with Crippen molar-refractivity contribution in [2.24, 2.45) is 0 Å². The molecule has 11 heteroatoms. The Bertz CT molecular complexity index is 885. The second-order valence-corrected chi connectivity index (χ2v) is 11.1. The quantitative estimate of drug-likeness (QED) is 0.134. The first kappa shape index (κ1) is 26.6. The maximum Gasteiger partial charge on any atom is 0.326 e. The molecule has 0 aromatic heterocycles. The average Bonchev–Trinajstić information content (AvgIpc) is 3.35. The van der Waals surface area contributed by atoms with Gasteiger partial charge in [0.1, 0.15) is 6.04 Å². The van der Waals surface area contributed by atoms with Gasteiger partial charge in [-0.3, -0.25) is 9.59 Å². The van der Waals surface area contributed by atoms with Crippen molar-refractivity contribution in [3.8, 4) is 0 Å². The van der Waals surface area contributed by atoms with Gasteiger partial charge in [0.2, 0.25) is 5.91 Å². The lowest BCUT2D eigenvalue weighted by Crippen LogP contribution is -2.40. The molecule has 3 rings (SSSR count). The number of carboxylic acids is 1. The number of thioether (sulfide) groups is 1. The van der Waals surface area contributed by atoms with E-state index < -0.39 is 17.9 Å². The van der Waals surface area contributed by atoms with Gasteiger partial charge in [-0.25, -0.2) is 9.59 Å². The number of benzene rings is 1. The van der Waals surface area contributed by atoms with Crippen LogP contribution in [0.2, 0.25) is 0 Å². The van der Waals surface area contributed by atoms with Crippen LogP contribution in [0.25, 0.3) is 0 Å².